The Bertz CT molecular complexity index is 922. The molecule has 0 atom stereocenters. The Morgan fingerprint density at radius 2 is 1.48 bits per heavy atom. The Morgan fingerprint density at radius 3 is 2.19 bits per heavy atom. The van der Waals surface area contributed by atoms with E-state index in [1.165, 1.54) is 6.92 Å². The Labute approximate surface area is 158 Å². The molecule has 0 aliphatic heterocycles. The Morgan fingerprint density at radius 1 is 0.815 bits per heavy atom. The summed E-state index contributed by atoms with van der Waals surface area (Å²) in [6.07, 6.45) is 0. The molecule has 5 nitrogen and oxygen atoms in total. The van der Waals surface area contributed by atoms with Crippen LogP contribution in [-0.2, 0) is 11.4 Å². The van der Waals surface area contributed by atoms with Crippen LogP contribution in [0, 0.1) is 0 Å². The molecule has 3 aromatic carbocycles. The molecule has 0 fully saturated rings. The van der Waals surface area contributed by atoms with Crippen molar-refractivity contribution in [2.24, 2.45) is 0 Å². The highest BCUT2D eigenvalue weighted by atomic mass is 16.5. The van der Waals surface area contributed by atoms with E-state index < -0.39 is 0 Å². The topological polar surface area (TPSA) is 67.4 Å². The average molecular weight is 360 g/mol. The number of hydrogen-bond acceptors (Lipinski definition) is 3. The first-order chi connectivity index (χ1) is 13.1. The summed E-state index contributed by atoms with van der Waals surface area (Å²) in [6, 6.07) is 23.9. The van der Waals surface area contributed by atoms with Gasteiger partial charge in [0.2, 0.25) is 5.91 Å². The van der Waals surface area contributed by atoms with Crippen molar-refractivity contribution in [1.29, 1.82) is 0 Å². The lowest BCUT2D eigenvalue weighted by molar-refractivity contribution is -0.114. The van der Waals surface area contributed by atoms with Crippen LogP contribution in [0.3, 0.4) is 0 Å². The lowest BCUT2D eigenvalue weighted by Gasteiger charge is -2.11. The number of nitrogens with one attached hydrogen (secondary N) is 2. The van der Waals surface area contributed by atoms with E-state index in [1.54, 1.807) is 48.5 Å². The van der Waals surface area contributed by atoms with Gasteiger partial charge in [-0.25, -0.2) is 0 Å². The molecule has 0 aromatic heterocycles. The van der Waals surface area contributed by atoms with E-state index in [4.69, 9.17) is 4.74 Å². The van der Waals surface area contributed by atoms with E-state index in [9.17, 15) is 9.59 Å². The van der Waals surface area contributed by atoms with Crippen molar-refractivity contribution < 1.29 is 14.3 Å². The van der Waals surface area contributed by atoms with Gasteiger partial charge in [-0.05, 0) is 42.0 Å². The molecule has 0 heterocycles. The fourth-order valence-electron chi connectivity index (χ4n) is 2.55. The van der Waals surface area contributed by atoms with Crippen LogP contribution in [0.2, 0.25) is 0 Å². The average Bonchev–Trinajstić information content (AvgIpc) is 2.68. The molecule has 0 radical (unpaired) electrons. The SMILES string of the molecule is CC(=O)Nc1ccccc1C(=O)Nc1ccc(OCc2ccccc2)cc1. The highest BCUT2D eigenvalue weighted by Gasteiger charge is 2.12. The molecular formula is C22H20N2O3. The Hall–Kier alpha value is -3.60. The van der Waals surface area contributed by atoms with Gasteiger partial charge in [0.1, 0.15) is 12.4 Å². The van der Waals surface area contributed by atoms with Crippen molar-refractivity contribution >= 4 is 23.2 Å². The molecule has 5 heteroatoms. The Kier molecular flexibility index (Phi) is 5.84. The summed E-state index contributed by atoms with van der Waals surface area (Å²) >= 11 is 0. The van der Waals surface area contributed by atoms with Crippen LogP contribution in [-0.4, -0.2) is 11.8 Å². The summed E-state index contributed by atoms with van der Waals surface area (Å²) in [6.45, 7) is 1.89. The quantitative estimate of drug-likeness (QED) is 0.681. The van der Waals surface area contributed by atoms with Gasteiger partial charge in [0.05, 0.1) is 11.3 Å². The van der Waals surface area contributed by atoms with Gasteiger partial charge in [0.25, 0.3) is 5.91 Å². The largest absolute Gasteiger partial charge is 0.489 e. The van der Waals surface area contributed by atoms with Crippen molar-refractivity contribution in [3.63, 3.8) is 0 Å². The summed E-state index contributed by atoms with van der Waals surface area (Å²) < 4.78 is 5.74. The molecule has 0 saturated heterocycles. The summed E-state index contributed by atoms with van der Waals surface area (Å²) in [5, 5.41) is 5.49. The molecule has 0 aliphatic rings. The number of rotatable bonds is 6. The van der Waals surface area contributed by atoms with Gasteiger partial charge >= 0.3 is 0 Å². The van der Waals surface area contributed by atoms with Crippen molar-refractivity contribution in [2.45, 2.75) is 13.5 Å². The predicted octanol–water partition coefficient (Wildman–Crippen LogP) is 4.48. The molecule has 0 bridgehead atoms. The second-order valence-corrected chi connectivity index (χ2v) is 5.98. The van der Waals surface area contributed by atoms with Gasteiger partial charge in [0, 0.05) is 12.6 Å². The third-order valence-electron chi connectivity index (χ3n) is 3.84. The van der Waals surface area contributed by atoms with Gasteiger partial charge in [-0.3, -0.25) is 9.59 Å². The molecule has 0 saturated carbocycles. The number of carbonyl (C=O) groups is 2. The molecule has 0 unspecified atom stereocenters. The number of ether oxygens (including phenoxy) is 1. The van der Waals surface area contributed by atoms with Gasteiger partial charge < -0.3 is 15.4 Å². The zero-order valence-corrected chi connectivity index (χ0v) is 14.9. The standard InChI is InChI=1S/C22H20N2O3/c1-16(25)23-21-10-6-5-9-20(21)22(26)24-18-11-13-19(14-12-18)27-15-17-7-3-2-4-8-17/h2-14H,15H2,1H3,(H,23,25)(H,24,26). The zero-order valence-electron chi connectivity index (χ0n) is 14.9. The number of anilines is 2. The summed E-state index contributed by atoms with van der Waals surface area (Å²) in [5.41, 5.74) is 2.61. The van der Waals surface area contributed by atoms with Crippen LogP contribution in [0.25, 0.3) is 0 Å². The lowest BCUT2D eigenvalue weighted by Crippen LogP contribution is -2.16. The molecule has 2 amide bonds. The highest BCUT2D eigenvalue weighted by Crippen LogP contribution is 2.20. The minimum Gasteiger partial charge on any atom is -0.489 e. The number of amides is 2. The first kappa shape index (κ1) is 18.2. The molecule has 3 aromatic rings. The fourth-order valence-corrected chi connectivity index (χ4v) is 2.55. The van der Waals surface area contributed by atoms with Crippen molar-refractivity contribution in [3.8, 4) is 5.75 Å². The van der Waals surface area contributed by atoms with Gasteiger partial charge in [0.15, 0.2) is 0 Å². The van der Waals surface area contributed by atoms with E-state index in [0.717, 1.165) is 11.3 Å². The summed E-state index contributed by atoms with van der Waals surface area (Å²) in [7, 11) is 0. The monoisotopic (exact) mass is 360 g/mol. The molecule has 136 valence electrons. The predicted molar refractivity (Wildman–Crippen MR) is 106 cm³/mol. The maximum atomic E-state index is 12.5. The molecule has 27 heavy (non-hydrogen) atoms. The van der Waals surface area contributed by atoms with E-state index in [2.05, 4.69) is 10.6 Å². The smallest absolute Gasteiger partial charge is 0.257 e. The van der Waals surface area contributed by atoms with E-state index in [0.29, 0.717) is 23.5 Å². The normalized spacial score (nSPS) is 10.1. The first-order valence-electron chi connectivity index (χ1n) is 8.56. The minimum atomic E-state index is -0.294. The van der Waals surface area contributed by atoms with Crippen molar-refractivity contribution in [1.82, 2.24) is 0 Å². The highest BCUT2D eigenvalue weighted by molar-refractivity contribution is 6.09. The number of carbonyl (C=O) groups excluding carboxylic acids is 2. The van der Waals surface area contributed by atoms with Crippen molar-refractivity contribution in [2.75, 3.05) is 10.6 Å². The summed E-state index contributed by atoms with van der Waals surface area (Å²) in [4.78, 5) is 23.8. The Balaban J connectivity index is 1.63. The fraction of sp³-hybridized carbons (Fsp3) is 0.0909. The van der Waals surface area contributed by atoms with Crippen LogP contribution < -0.4 is 15.4 Å². The van der Waals surface area contributed by atoms with Crippen LogP contribution in [0.1, 0.15) is 22.8 Å². The van der Waals surface area contributed by atoms with Crippen LogP contribution in [0.5, 0.6) is 5.75 Å². The van der Waals surface area contributed by atoms with Crippen LogP contribution >= 0.6 is 0 Å². The molecule has 0 spiro atoms. The van der Waals surface area contributed by atoms with Crippen LogP contribution in [0.4, 0.5) is 11.4 Å². The maximum absolute atomic E-state index is 12.5. The van der Waals surface area contributed by atoms with Crippen LogP contribution in [0.15, 0.2) is 78.9 Å². The lowest BCUT2D eigenvalue weighted by atomic mass is 10.1. The van der Waals surface area contributed by atoms with Gasteiger partial charge in [-0.15, -0.1) is 0 Å². The second-order valence-electron chi connectivity index (χ2n) is 5.98. The molecular weight excluding hydrogens is 340 g/mol. The molecule has 2 N–H and O–H groups in total. The van der Waals surface area contributed by atoms with Gasteiger partial charge in [-0.1, -0.05) is 42.5 Å². The van der Waals surface area contributed by atoms with E-state index in [-0.39, 0.29) is 11.8 Å². The zero-order chi connectivity index (χ0) is 19.1. The van der Waals surface area contributed by atoms with E-state index >= 15 is 0 Å². The molecule has 3 rings (SSSR count). The summed E-state index contributed by atoms with van der Waals surface area (Å²) in [5.74, 6) is 0.197. The van der Waals surface area contributed by atoms with E-state index in [1.807, 2.05) is 30.3 Å². The number of hydrogen-bond donors (Lipinski definition) is 2. The number of benzene rings is 3. The first-order valence-corrected chi connectivity index (χ1v) is 8.56. The molecule has 0 aliphatic carbocycles. The minimum absolute atomic E-state index is 0.227. The third kappa shape index (κ3) is 5.19. The van der Waals surface area contributed by atoms with Crippen molar-refractivity contribution in [3.05, 3.63) is 90.0 Å². The van der Waals surface area contributed by atoms with Gasteiger partial charge in [-0.2, -0.15) is 0 Å². The second kappa shape index (κ2) is 8.67. The maximum Gasteiger partial charge on any atom is 0.257 e. The third-order valence-corrected chi connectivity index (χ3v) is 3.84. The number of para-hydroxylation sites is 1.